The molecule has 4 heteroatoms. The molecule has 0 fully saturated rings. The molecule has 0 aliphatic heterocycles. The molecule has 0 aliphatic carbocycles. The third kappa shape index (κ3) is 3.11. The number of halogens is 1. The number of hydrogen-bond donors (Lipinski definition) is 2. The van der Waals surface area contributed by atoms with Gasteiger partial charge in [0.2, 0.25) is 0 Å². The molecule has 2 aromatic rings. The van der Waals surface area contributed by atoms with Gasteiger partial charge in [-0.25, -0.2) is 0 Å². The Morgan fingerprint density at radius 1 is 1.32 bits per heavy atom. The summed E-state index contributed by atoms with van der Waals surface area (Å²) in [4.78, 5) is 0. The molecule has 0 spiro atoms. The van der Waals surface area contributed by atoms with Crippen molar-refractivity contribution in [1.29, 1.82) is 0 Å². The number of aliphatic hydroxyl groups excluding tert-OH is 1. The van der Waals surface area contributed by atoms with Crippen LogP contribution in [0.15, 0.2) is 18.3 Å². The molecule has 0 bridgehead atoms. The lowest BCUT2D eigenvalue weighted by atomic mass is 10.1. The average Bonchev–Trinajstić information content (AvgIpc) is 2.72. The summed E-state index contributed by atoms with van der Waals surface area (Å²) in [5.74, 6) is 0. The van der Waals surface area contributed by atoms with Crippen molar-refractivity contribution in [2.24, 2.45) is 5.73 Å². The molecule has 0 aliphatic rings. The monoisotopic (exact) mass is 280 g/mol. The fourth-order valence-corrected chi connectivity index (χ4v) is 2.57. The van der Waals surface area contributed by atoms with Crippen LogP contribution in [0.5, 0.6) is 0 Å². The van der Waals surface area contributed by atoms with Gasteiger partial charge < -0.3 is 15.4 Å². The second kappa shape index (κ2) is 6.42. The highest BCUT2D eigenvalue weighted by Crippen LogP contribution is 2.28. The van der Waals surface area contributed by atoms with E-state index < -0.39 is 0 Å². The molecule has 2 rings (SSSR count). The zero-order valence-electron chi connectivity index (χ0n) is 11.3. The van der Waals surface area contributed by atoms with E-state index in [2.05, 4.69) is 16.8 Å². The number of nitrogens with zero attached hydrogens (tertiary/aromatic N) is 1. The summed E-state index contributed by atoms with van der Waals surface area (Å²) >= 11 is 6.22. The van der Waals surface area contributed by atoms with Crippen LogP contribution in [0.2, 0.25) is 5.02 Å². The number of rotatable bonds is 6. The van der Waals surface area contributed by atoms with E-state index in [-0.39, 0.29) is 6.61 Å². The first-order valence-corrected chi connectivity index (χ1v) is 7.14. The molecule has 3 N–H and O–H groups in total. The van der Waals surface area contributed by atoms with Crippen LogP contribution in [0.1, 0.15) is 24.0 Å². The normalized spacial score (nSPS) is 11.4. The van der Waals surface area contributed by atoms with Crippen molar-refractivity contribution < 1.29 is 5.11 Å². The number of benzene rings is 1. The van der Waals surface area contributed by atoms with Gasteiger partial charge in [-0.15, -0.1) is 0 Å². The van der Waals surface area contributed by atoms with Gasteiger partial charge in [0.1, 0.15) is 0 Å². The van der Waals surface area contributed by atoms with Gasteiger partial charge in [-0.3, -0.25) is 0 Å². The average molecular weight is 281 g/mol. The fraction of sp³-hybridized carbons (Fsp3) is 0.467. The Hall–Kier alpha value is -1.03. The minimum Gasteiger partial charge on any atom is -0.396 e. The lowest BCUT2D eigenvalue weighted by Gasteiger charge is -2.05. The van der Waals surface area contributed by atoms with E-state index in [0.717, 1.165) is 41.9 Å². The highest BCUT2D eigenvalue weighted by atomic mass is 35.5. The van der Waals surface area contributed by atoms with E-state index in [1.807, 2.05) is 13.0 Å². The Bertz CT molecular complexity index is 515. The standard InChI is InChI=1S/C15H21ClN2O/c1-11-8-13-12(4-2-5-17)10-18(6-3-7-19)15(13)9-14(11)16/h8-10,19H,2-7,17H2,1H3. The van der Waals surface area contributed by atoms with Crippen LogP contribution in [-0.2, 0) is 13.0 Å². The van der Waals surface area contributed by atoms with Crippen molar-refractivity contribution in [3.8, 4) is 0 Å². The van der Waals surface area contributed by atoms with E-state index >= 15 is 0 Å². The molecule has 0 saturated heterocycles. The molecular weight excluding hydrogens is 260 g/mol. The number of nitrogens with two attached hydrogens (primary N) is 1. The number of hydrogen-bond acceptors (Lipinski definition) is 2. The topological polar surface area (TPSA) is 51.2 Å². The van der Waals surface area contributed by atoms with Gasteiger partial charge in [0.25, 0.3) is 0 Å². The van der Waals surface area contributed by atoms with Gasteiger partial charge >= 0.3 is 0 Å². The summed E-state index contributed by atoms with van der Waals surface area (Å²) in [5, 5.41) is 11.0. The first kappa shape index (κ1) is 14.4. The smallest absolute Gasteiger partial charge is 0.0498 e. The second-order valence-electron chi connectivity index (χ2n) is 4.94. The second-order valence-corrected chi connectivity index (χ2v) is 5.34. The summed E-state index contributed by atoms with van der Waals surface area (Å²) in [6.07, 6.45) is 4.90. The minimum atomic E-state index is 0.206. The van der Waals surface area contributed by atoms with Gasteiger partial charge in [-0.05, 0) is 56.0 Å². The molecule has 104 valence electrons. The van der Waals surface area contributed by atoms with Crippen molar-refractivity contribution in [1.82, 2.24) is 4.57 Å². The molecule has 1 heterocycles. The van der Waals surface area contributed by atoms with Crippen LogP contribution in [0.3, 0.4) is 0 Å². The number of aromatic nitrogens is 1. The van der Waals surface area contributed by atoms with Gasteiger partial charge in [0.05, 0.1) is 0 Å². The molecule has 0 amide bonds. The van der Waals surface area contributed by atoms with E-state index in [9.17, 15) is 0 Å². The van der Waals surface area contributed by atoms with E-state index in [0.29, 0.717) is 6.54 Å². The number of fused-ring (bicyclic) bond motifs is 1. The van der Waals surface area contributed by atoms with Crippen molar-refractivity contribution in [3.05, 3.63) is 34.5 Å². The van der Waals surface area contributed by atoms with Crippen LogP contribution >= 0.6 is 11.6 Å². The Morgan fingerprint density at radius 2 is 2.11 bits per heavy atom. The zero-order chi connectivity index (χ0) is 13.8. The zero-order valence-corrected chi connectivity index (χ0v) is 12.1. The summed E-state index contributed by atoms with van der Waals surface area (Å²) < 4.78 is 2.18. The number of aryl methyl sites for hydroxylation is 3. The lowest BCUT2D eigenvalue weighted by molar-refractivity contribution is 0.280. The van der Waals surface area contributed by atoms with E-state index in [4.69, 9.17) is 22.4 Å². The van der Waals surface area contributed by atoms with Crippen molar-refractivity contribution in [3.63, 3.8) is 0 Å². The molecule has 0 radical (unpaired) electrons. The van der Waals surface area contributed by atoms with Crippen LogP contribution in [0.25, 0.3) is 10.9 Å². The third-order valence-electron chi connectivity index (χ3n) is 3.45. The van der Waals surface area contributed by atoms with Crippen LogP contribution < -0.4 is 5.73 Å². The van der Waals surface area contributed by atoms with E-state index in [1.165, 1.54) is 10.9 Å². The van der Waals surface area contributed by atoms with Crippen molar-refractivity contribution in [2.75, 3.05) is 13.2 Å². The fourth-order valence-electron chi connectivity index (χ4n) is 2.41. The summed E-state index contributed by atoms with van der Waals surface area (Å²) in [6, 6.07) is 4.18. The maximum Gasteiger partial charge on any atom is 0.0498 e. The molecule has 1 aromatic carbocycles. The first-order chi connectivity index (χ1) is 9.17. The molecule has 1 aromatic heterocycles. The lowest BCUT2D eigenvalue weighted by Crippen LogP contribution is -2.00. The molecular formula is C15H21ClN2O. The van der Waals surface area contributed by atoms with Gasteiger partial charge in [0.15, 0.2) is 0 Å². The molecule has 0 saturated carbocycles. The summed E-state index contributed by atoms with van der Waals surface area (Å²) in [7, 11) is 0. The Morgan fingerprint density at radius 3 is 2.79 bits per heavy atom. The Labute approximate surface area is 119 Å². The predicted molar refractivity (Wildman–Crippen MR) is 80.8 cm³/mol. The third-order valence-corrected chi connectivity index (χ3v) is 3.86. The first-order valence-electron chi connectivity index (χ1n) is 6.76. The predicted octanol–water partition coefficient (Wildman–Crippen LogP) is 2.88. The SMILES string of the molecule is Cc1cc2c(CCCN)cn(CCCO)c2cc1Cl. The van der Waals surface area contributed by atoms with Crippen LogP contribution in [0, 0.1) is 6.92 Å². The highest BCUT2D eigenvalue weighted by Gasteiger charge is 2.10. The molecule has 19 heavy (non-hydrogen) atoms. The van der Waals surface area contributed by atoms with Crippen LogP contribution in [-0.4, -0.2) is 22.8 Å². The maximum atomic E-state index is 8.99. The van der Waals surface area contributed by atoms with Crippen molar-refractivity contribution >= 4 is 22.5 Å². The molecule has 3 nitrogen and oxygen atoms in total. The summed E-state index contributed by atoms with van der Waals surface area (Å²) in [5.41, 5.74) is 9.17. The van der Waals surface area contributed by atoms with Crippen molar-refractivity contribution in [2.45, 2.75) is 32.7 Å². The van der Waals surface area contributed by atoms with E-state index in [1.54, 1.807) is 0 Å². The largest absolute Gasteiger partial charge is 0.396 e. The molecule has 0 unspecified atom stereocenters. The van der Waals surface area contributed by atoms with Gasteiger partial charge in [-0.2, -0.15) is 0 Å². The Balaban J connectivity index is 2.46. The molecule has 0 atom stereocenters. The highest BCUT2D eigenvalue weighted by molar-refractivity contribution is 6.32. The maximum absolute atomic E-state index is 8.99. The number of aliphatic hydroxyl groups is 1. The quantitative estimate of drug-likeness (QED) is 0.855. The van der Waals surface area contributed by atoms with Crippen LogP contribution in [0.4, 0.5) is 0 Å². The minimum absolute atomic E-state index is 0.206. The summed E-state index contributed by atoms with van der Waals surface area (Å²) in [6.45, 7) is 3.75. The Kier molecular flexibility index (Phi) is 4.86. The van der Waals surface area contributed by atoms with Gasteiger partial charge in [0, 0.05) is 35.3 Å². The van der Waals surface area contributed by atoms with Gasteiger partial charge in [-0.1, -0.05) is 11.6 Å².